The van der Waals surface area contributed by atoms with Gasteiger partial charge in [-0.25, -0.2) is 10.2 Å². The third-order valence-corrected chi connectivity index (χ3v) is 5.81. The average Bonchev–Trinajstić information content (AvgIpc) is 2.99. The number of carbonyl (C=O) groups excluding carboxylic acids is 3. The van der Waals surface area contributed by atoms with Crippen LogP contribution in [0.15, 0.2) is 102 Å². The lowest BCUT2D eigenvalue weighted by Gasteiger charge is -2.11. The van der Waals surface area contributed by atoms with Gasteiger partial charge in [0.25, 0.3) is 5.91 Å². The minimum absolute atomic E-state index is 0.147. The zero-order chi connectivity index (χ0) is 29.0. The molecule has 9 nitrogen and oxygen atoms in total. The maximum atomic E-state index is 12.6. The topological polar surface area (TPSA) is 115 Å². The van der Waals surface area contributed by atoms with Crippen LogP contribution in [0, 0.1) is 0 Å². The second kappa shape index (κ2) is 14.1. The third-order valence-electron chi connectivity index (χ3n) is 5.81. The number of nitrogens with one attached hydrogen (secondary N) is 2. The summed E-state index contributed by atoms with van der Waals surface area (Å²) in [6, 6.07) is 27.5. The van der Waals surface area contributed by atoms with Crippen molar-refractivity contribution in [1.82, 2.24) is 5.43 Å². The predicted octanol–water partition coefficient (Wildman–Crippen LogP) is 5.26. The fourth-order valence-electron chi connectivity index (χ4n) is 3.76. The first-order valence-corrected chi connectivity index (χ1v) is 12.9. The number of methoxy groups -OCH3 is 1. The summed E-state index contributed by atoms with van der Waals surface area (Å²) in [5, 5.41) is 6.84. The number of hydrazone groups is 1. The van der Waals surface area contributed by atoms with E-state index in [0.717, 1.165) is 5.56 Å². The summed E-state index contributed by atoms with van der Waals surface area (Å²) in [4.78, 5) is 37.4. The van der Waals surface area contributed by atoms with E-state index in [1.165, 1.54) is 6.21 Å². The Morgan fingerprint density at radius 1 is 0.829 bits per heavy atom. The monoisotopic (exact) mass is 551 g/mol. The van der Waals surface area contributed by atoms with Gasteiger partial charge in [-0.3, -0.25) is 9.59 Å². The Labute approximate surface area is 237 Å². The maximum absolute atomic E-state index is 12.6. The smallest absolute Gasteiger partial charge is 0.343 e. The molecule has 2 amide bonds. The lowest BCUT2D eigenvalue weighted by atomic mass is 10.1. The zero-order valence-corrected chi connectivity index (χ0v) is 22.6. The van der Waals surface area contributed by atoms with E-state index in [1.807, 2.05) is 37.3 Å². The molecule has 0 saturated heterocycles. The van der Waals surface area contributed by atoms with Crippen molar-refractivity contribution < 1.29 is 28.6 Å². The number of hydrogen-bond acceptors (Lipinski definition) is 7. The molecular weight excluding hydrogens is 522 g/mol. The number of benzene rings is 4. The molecule has 0 atom stereocenters. The average molecular weight is 552 g/mol. The number of hydrogen-bond donors (Lipinski definition) is 2. The van der Waals surface area contributed by atoms with Gasteiger partial charge in [0, 0.05) is 11.3 Å². The van der Waals surface area contributed by atoms with Crippen molar-refractivity contribution in [2.45, 2.75) is 13.3 Å². The molecule has 4 aromatic carbocycles. The molecular formula is C32H29N3O6. The van der Waals surface area contributed by atoms with Crippen LogP contribution in [0.5, 0.6) is 17.2 Å². The molecule has 0 aliphatic carbocycles. The summed E-state index contributed by atoms with van der Waals surface area (Å²) in [6.45, 7) is 2.17. The van der Waals surface area contributed by atoms with Crippen LogP contribution in [0.3, 0.4) is 0 Å². The van der Waals surface area contributed by atoms with Crippen molar-refractivity contribution in [3.8, 4) is 17.2 Å². The van der Waals surface area contributed by atoms with Gasteiger partial charge in [0.05, 0.1) is 31.9 Å². The summed E-state index contributed by atoms with van der Waals surface area (Å²) in [7, 11) is 1.55. The Morgan fingerprint density at radius 2 is 1.54 bits per heavy atom. The van der Waals surface area contributed by atoms with Gasteiger partial charge in [0.15, 0.2) is 11.5 Å². The van der Waals surface area contributed by atoms with Gasteiger partial charge < -0.3 is 19.5 Å². The van der Waals surface area contributed by atoms with Crippen LogP contribution in [0.1, 0.15) is 38.8 Å². The minimum atomic E-state index is -0.538. The molecule has 0 radical (unpaired) electrons. The van der Waals surface area contributed by atoms with Gasteiger partial charge in [-0.15, -0.1) is 0 Å². The van der Waals surface area contributed by atoms with Crippen LogP contribution >= 0.6 is 0 Å². The van der Waals surface area contributed by atoms with Crippen LogP contribution in [0.2, 0.25) is 0 Å². The van der Waals surface area contributed by atoms with Gasteiger partial charge in [0.2, 0.25) is 5.91 Å². The molecule has 0 spiro atoms. The Balaban J connectivity index is 1.33. The van der Waals surface area contributed by atoms with Gasteiger partial charge in [-0.2, -0.15) is 5.10 Å². The van der Waals surface area contributed by atoms with E-state index in [9.17, 15) is 14.4 Å². The van der Waals surface area contributed by atoms with Crippen molar-refractivity contribution >= 4 is 29.7 Å². The lowest BCUT2D eigenvalue weighted by Crippen LogP contribution is -2.18. The SMILES string of the molecule is CCOc1cc(/C=N\NC(=O)c2ccc(NC(=O)Cc3ccccc3)cc2)ccc1OC(=O)c1ccc(OC)cc1. The van der Waals surface area contributed by atoms with E-state index in [2.05, 4.69) is 15.8 Å². The highest BCUT2D eigenvalue weighted by Gasteiger charge is 2.14. The van der Waals surface area contributed by atoms with E-state index in [-0.39, 0.29) is 18.1 Å². The first-order chi connectivity index (χ1) is 19.9. The standard InChI is InChI=1S/C32H29N3O6/c1-3-40-29-19-23(9-18-28(29)41-32(38)25-12-16-27(39-2)17-13-25)21-33-35-31(37)24-10-14-26(15-11-24)34-30(36)20-22-7-5-4-6-8-22/h4-19,21H,3,20H2,1-2H3,(H,34,36)(H,35,37)/b33-21-. The number of nitrogens with zero attached hydrogens (tertiary/aromatic N) is 1. The molecule has 2 N–H and O–H groups in total. The van der Waals surface area contributed by atoms with Crippen molar-refractivity contribution in [2.75, 3.05) is 19.0 Å². The number of anilines is 1. The molecule has 208 valence electrons. The second-order valence-electron chi connectivity index (χ2n) is 8.74. The van der Waals surface area contributed by atoms with Gasteiger partial charge in [-0.05, 0) is 84.8 Å². The van der Waals surface area contributed by atoms with Crippen molar-refractivity contribution in [3.63, 3.8) is 0 Å². The second-order valence-corrected chi connectivity index (χ2v) is 8.74. The van der Waals surface area contributed by atoms with E-state index < -0.39 is 11.9 Å². The van der Waals surface area contributed by atoms with Crippen LogP contribution < -0.4 is 25.0 Å². The van der Waals surface area contributed by atoms with Gasteiger partial charge >= 0.3 is 5.97 Å². The summed E-state index contributed by atoms with van der Waals surface area (Å²) >= 11 is 0. The molecule has 0 aliphatic rings. The maximum Gasteiger partial charge on any atom is 0.343 e. The quantitative estimate of drug-likeness (QED) is 0.114. The lowest BCUT2D eigenvalue weighted by molar-refractivity contribution is -0.115. The molecule has 0 aromatic heterocycles. The van der Waals surface area contributed by atoms with Crippen LogP contribution in [0.25, 0.3) is 0 Å². The molecule has 0 fully saturated rings. The fourth-order valence-corrected chi connectivity index (χ4v) is 3.76. The highest BCUT2D eigenvalue weighted by molar-refractivity contribution is 5.97. The molecule has 4 aromatic rings. The molecule has 0 bridgehead atoms. The van der Waals surface area contributed by atoms with E-state index in [0.29, 0.717) is 40.5 Å². The van der Waals surface area contributed by atoms with Crippen LogP contribution in [-0.2, 0) is 11.2 Å². The fraction of sp³-hybridized carbons (Fsp3) is 0.125. The van der Waals surface area contributed by atoms with Crippen molar-refractivity contribution in [3.05, 3.63) is 119 Å². The van der Waals surface area contributed by atoms with Crippen molar-refractivity contribution in [2.24, 2.45) is 5.10 Å². The summed E-state index contributed by atoms with van der Waals surface area (Å²) in [5.41, 5.74) is 5.33. The number of esters is 1. The molecule has 41 heavy (non-hydrogen) atoms. The Morgan fingerprint density at radius 3 is 2.22 bits per heavy atom. The highest BCUT2D eigenvalue weighted by atomic mass is 16.6. The first-order valence-electron chi connectivity index (χ1n) is 12.9. The Bertz CT molecular complexity index is 1520. The Kier molecular flexibility index (Phi) is 9.82. The number of carbonyl (C=O) groups is 3. The van der Waals surface area contributed by atoms with Crippen LogP contribution in [0.4, 0.5) is 5.69 Å². The van der Waals surface area contributed by atoms with Gasteiger partial charge in [0.1, 0.15) is 5.75 Å². The number of ether oxygens (including phenoxy) is 3. The highest BCUT2D eigenvalue weighted by Crippen LogP contribution is 2.29. The van der Waals surface area contributed by atoms with Gasteiger partial charge in [-0.1, -0.05) is 30.3 Å². The molecule has 0 saturated carbocycles. The summed E-state index contributed by atoms with van der Waals surface area (Å²) < 4.78 is 16.3. The van der Waals surface area contributed by atoms with E-state index in [4.69, 9.17) is 14.2 Å². The van der Waals surface area contributed by atoms with E-state index >= 15 is 0 Å². The Hall–Kier alpha value is -5.44. The summed E-state index contributed by atoms with van der Waals surface area (Å²) in [6.07, 6.45) is 1.71. The van der Waals surface area contributed by atoms with E-state index in [1.54, 1.807) is 73.8 Å². The number of rotatable bonds is 11. The zero-order valence-electron chi connectivity index (χ0n) is 22.6. The third kappa shape index (κ3) is 8.27. The number of amides is 2. The summed E-state index contributed by atoms with van der Waals surface area (Å²) in [5.74, 6) is 0.139. The van der Waals surface area contributed by atoms with Crippen molar-refractivity contribution in [1.29, 1.82) is 0 Å². The first kappa shape index (κ1) is 28.6. The largest absolute Gasteiger partial charge is 0.497 e. The molecule has 0 aliphatic heterocycles. The molecule has 4 rings (SSSR count). The predicted molar refractivity (Wildman–Crippen MR) is 156 cm³/mol. The normalized spacial score (nSPS) is 10.6. The molecule has 0 heterocycles. The van der Waals surface area contributed by atoms with Crippen LogP contribution in [-0.4, -0.2) is 37.7 Å². The molecule has 9 heteroatoms. The minimum Gasteiger partial charge on any atom is -0.497 e. The molecule has 0 unspecified atom stereocenters.